The summed E-state index contributed by atoms with van der Waals surface area (Å²) in [6.45, 7) is 6.15. The highest BCUT2D eigenvalue weighted by atomic mass is 127. The summed E-state index contributed by atoms with van der Waals surface area (Å²) in [5.41, 5.74) is 0. The Labute approximate surface area is 118 Å². The smallest absolute Gasteiger partial charge is 0.192 e. The van der Waals surface area contributed by atoms with E-state index in [1.807, 2.05) is 22.6 Å². The van der Waals surface area contributed by atoms with Gasteiger partial charge in [-0.15, -0.1) is 0 Å². The Morgan fingerprint density at radius 1 is 1.24 bits per heavy atom. The number of halogens is 1. The molecule has 0 radical (unpaired) electrons. The molecule has 17 heavy (non-hydrogen) atoms. The molecule has 0 spiro atoms. The molecule has 2 saturated heterocycles. The van der Waals surface area contributed by atoms with Crippen LogP contribution in [0.1, 0.15) is 25.7 Å². The van der Waals surface area contributed by atoms with Gasteiger partial charge in [-0.1, -0.05) is 0 Å². The first-order chi connectivity index (χ1) is 8.13. The van der Waals surface area contributed by atoms with Crippen LogP contribution in [-0.4, -0.2) is 53.4 Å². The van der Waals surface area contributed by atoms with Gasteiger partial charge in [-0.05, 0) is 73.8 Å². The Bertz CT molecular complexity index is 272. The maximum Gasteiger partial charge on any atom is 0.192 e. The van der Waals surface area contributed by atoms with Crippen molar-refractivity contribution in [3.05, 3.63) is 0 Å². The first-order valence-corrected chi connectivity index (χ1v) is 7.80. The maximum absolute atomic E-state index is 11.2. The van der Waals surface area contributed by atoms with Gasteiger partial charge in [0.15, 0.2) is 3.79 Å². The second-order valence-electron chi connectivity index (χ2n) is 5.74. The summed E-state index contributed by atoms with van der Waals surface area (Å²) in [7, 11) is 2.22. The number of rotatable bonds is 4. The topological polar surface area (TPSA) is 23.6 Å². The van der Waals surface area contributed by atoms with Crippen LogP contribution in [0.3, 0.4) is 0 Å². The molecule has 0 amide bonds. The first kappa shape index (κ1) is 13.7. The lowest BCUT2D eigenvalue weighted by molar-refractivity contribution is -0.110. The molecular weight excluding hydrogens is 327 g/mol. The zero-order chi connectivity index (χ0) is 12.3. The maximum atomic E-state index is 11.2. The summed E-state index contributed by atoms with van der Waals surface area (Å²) in [6, 6.07) is 0. The highest BCUT2D eigenvalue weighted by Gasteiger charge is 2.26. The number of nitrogens with zero attached hydrogens (tertiary/aromatic N) is 2. The molecule has 2 atom stereocenters. The van der Waals surface area contributed by atoms with E-state index in [1.54, 1.807) is 0 Å². The average molecular weight is 350 g/mol. The minimum Gasteiger partial charge on any atom is -0.306 e. The van der Waals surface area contributed by atoms with E-state index >= 15 is 0 Å². The molecule has 0 saturated carbocycles. The Kier molecular flexibility index (Phi) is 5.24. The minimum absolute atomic E-state index is 0.329. The van der Waals surface area contributed by atoms with Crippen LogP contribution in [0.25, 0.3) is 0 Å². The first-order valence-electron chi connectivity index (χ1n) is 6.72. The second-order valence-corrected chi connectivity index (χ2v) is 6.95. The Balaban J connectivity index is 1.75. The number of carbonyl (C=O) groups is 1. The van der Waals surface area contributed by atoms with Gasteiger partial charge in [0.1, 0.15) is 0 Å². The van der Waals surface area contributed by atoms with Gasteiger partial charge in [-0.25, -0.2) is 0 Å². The average Bonchev–Trinajstić information content (AvgIpc) is 2.63. The molecule has 2 aliphatic rings. The fourth-order valence-corrected chi connectivity index (χ4v) is 3.87. The van der Waals surface area contributed by atoms with E-state index in [4.69, 9.17) is 0 Å². The highest BCUT2D eigenvalue weighted by Crippen LogP contribution is 2.23. The van der Waals surface area contributed by atoms with Crippen molar-refractivity contribution in [1.82, 2.24) is 9.80 Å². The molecule has 0 aliphatic carbocycles. The third-order valence-electron chi connectivity index (χ3n) is 4.06. The molecule has 0 bridgehead atoms. The summed E-state index contributed by atoms with van der Waals surface area (Å²) >= 11 is 1.94. The molecule has 2 fully saturated rings. The molecule has 0 aromatic heterocycles. The third-order valence-corrected chi connectivity index (χ3v) is 4.50. The van der Waals surface area contributed by atoms with Crippen molar-refractivity contribution in [2.75, 3.05) is 39.8 Å². The van der Waals surface area contributed by atoms with Crippen LogP contribution in [0.15, 0.2) is 0 Å². The summed E-state index contributed by atoms with van der Waals surface area (Å²) in [5, 5.41) is 0. The van der Waals surface area contributed by atoms with Gasteiger partial charge in [-0.3, -0.25) is 4.79 Å². The van der Waals surface area contributed by atoms with Crippen molar-refractivity contribution in [3.8, 4) is 0 Å². The summed E-state index contributed by atoms with van der Waals surface area (Å²) in [6.07, 6.45) is 4.65. The lowest BCUT2D eigenvalue weighted by Gasteiger charge is -2.33. The quantitative estimate of drug-likeness (QED) is 0.572. The zero-order valence-corrected chi connectivity index (χ0v) is 12.9. The van der Waals surface area contributed by atoms with Gasteiger partial charge < -0.3 is 9.80 Å². The van der Waals surface area contributed by atoms with E-state index in [1.165, 1.54) is 45.4 Å². The fourth-order valence-electron chi connectivity index (χ4n) is 3.25. The van der Waals surface area contributed by atoms with Gasteiger partial charge in [0.2, 0.25) is 0 Å². The molecule has 3 nitrogen and oxygen atoms in total. The van der Waals surface area contributed by atoms with E-state index in [9.17, 15) is 4.79 Å². The summed E-state index contributed by atoms with van der Waals surface area (Å²) < 4.78 is 0.329. The predicted octanol–water partition coefficient (Wildman–Crippen LogP) is 2.00. The van der Waals surface area contributed by atoms with Gasteiger partial charge in [0, 0.05) is 26.1 Å². The standard InChI is InChI=1S/C13H23IN2O/c1-15-6-4-12(8-15)10-16-5-2-3-11(9-16)7-13(14)17/h11-12H,2-10H2,1H3/t11-,12?/m1/s1. The van der Waals surface area contributed by atoms with Crippen LogP contribution in [0.2, 0.25) is 0 Å². The lowest BCUT2D eigenvalue weighted by Crippen LogP contribution is -2.39. The Hall–Kier alpha value is 0.320. The molecule has 98 valence electrons. The van der Waals surface area contributed by atoms with Crippen molar-refractivity contribution in [2.45, 2.75) is 25.7 Å². The van der Waals surface area contributed by atoms with Crippen LogP contribution in [0.5, 0.6) is 0 Å². The molecule has 2 aliphatic heterocycles. The Morgan fingerprint density at radius 2 is 2.06 bits per heavy atom. The van der Waals surface area contributed by atoms with Crippen molar-refractivity contribution in [2.24, 2.45) is 11.8 Å². The molecule has 0 N–H and O–H groups in total. The number of hydrogen-bond donors (Lipinski definition) is 0. The molecule has 0 aromatic carbocycles. The number of piperidine rings is 1. The number of carbonyl (C=O) groups excluding carboxylic acids is 1. The van der Waals surface area contributed by atoms with Crippen LogP contribution >= 0.6 is 22.6 Å². The van der Waals surface area contributed by atoms with Gasteiger partial charge in [-0.2, -0.15) is 0 Å². The largest absolute Gasteiger partial charge is 0.306 e. The molecule has 2 heterocycles. The van der Waals surface area contributed by atoms with E-state index < -0.39 is 0 Å². The minimum atomic E-state index is 0.329. The van der Waals surface area contributed by atoms with Crippen molar-refractivity contribution in [1.29, 1.82) is 0 Å². The number of hydrogen-bond acceptors (Lipinski definition) is 3. The molecule has 1 unspecified atom stereocenters. The van der Waals surface area contributed by atoms with E-state index in [-0.39, 0.29) is 0 Å². The normalized spacial score (nSPS) is 31.9. The summed E-state index contributed by atoms with van der Waals surface area (Å²) in [5.74, 6) is 1.47. The van der Waals surface area contributed by atoms with Crippen molar-refractivity contribution >= 4 is 26.4 Å². The SMILES string of the molecule is CN1CCC(CN2CCC[C@H](CC(=O)I)C2)C1. The van der Waals surface area contributed by atoms with Gasteiger partial charge in [0.25, 0.3) is 0 Å². The zero-order valence-electron chi connectivity index (χ0n) is 10.7. The Morgan fingerprint density at radius 3 is 2.71 bits per heavy atom. The molecular formula is C13H23IN2O. The van der Waals surface area contributed by atoms with Crippen molar-refractivity contribution in [3.63, 3.8) is 0 Å². The second kappa shape index (κ2) is 6.48. The van der Waals surface area contributed by atoms with E-state index in [0.717, 1.165) is 18.9 Å². The molecule has 4 heteroatoms. The molecule has 0 aromatic rings. The van der Waals surface area contributed by atoms with Crippen LogP contribution in [0, 0.1) is 11.8 Å². The van der Waals surface area contributed by atoms with E-state index in [2.05, 4.69) is 16.8 Å². The van der Waals surface area contributed by atoms with Crippen LogP contribution < -0.4 is 0 Å². The van der Waals surface area contributed by atoms with Crippen LogP contribution in [-0.2, 0) is 4.79 Å². The summed E-state index contributed by atoms with van der Waals surface area (Å²) in [4.78, 5) is 16.2. The third kappa shape index (κ3) is 4.48. The lowest BCUT2D eigenvalue weighted by atomic mass is 9.94. The predicted molar refractivity (Wildman–Crippen MR) is 78.4 cm³/mol. The van der Waals surface area contributed by atoms with E-state index in [0.29, 0.717) is 9.71 Å². The van der Waals surface area contributed by atoms with Gasteiger partial charge in [0.05, 0.1) is 0 Å². The number of likely N-dealkylation sites (tertiary alicyclic amines) is 2. The van der Waals surface area contributed by atoms with Crippen LogP contribution in [0.4, 0.5) is 0 Å². The van der Waals surface area contributed by atoms with Crippen molar-refractivity contribution < 1.29 is 4.79 Å². The fraction of sp³-hybridized carbons (Fsp3) is 0.923. The van der Waals surface area contributed by atoms with Gasteiger partial charge >= 0.3 is 0 Å². The molecule has 2 rings (SSSR count). The highest BCUT2D eigenvalue weighted by molar-refractivity contribution is 14.1. The monoisotopic (exact) mass is 350 g/mol.